The van der Waals surface area contributed by atoms with Crippen LogP contribution >= 0.6 is 0 Å². The number of carboxylic acids is 1. The fourth-order valence-corrected chi connectivity index (χ4v) is 4.79. The number of ether oxygens (including phenoxy) is 1. The van der Waals surface area contributed by atoms with Crippen molar-refractivity contribution in [3.63, 3.8) is 0 Å². The molecule has 5 heteroatoms. The van der Waals surface area contributed by atoms with Crippen molar-refractivity contribution in [2.75, 3.05) is 0 Å². The minimum Gasteiger partial charge on any atom is -0.481 e. The third-order valence-corrected chi connectivity index (χ3v) is 6.50. The van der Waals surface area contributed by atoms with Crippen molar-refractivity contribution in [2.24, 2.45) is 23.7 Å². The summed E-state index contributed by atoms with van der Waals surface area (Å²) in [5, 5.41) is 19.1. The number of carboxylic acid groups (broad SMARTS) is 1. The van der Waals surface area contributed by atoms with E-state index in [-0.39, 0.29) is 30.3 Å². The Bertz CT molecular complexity index is 608. The molecule has 0 aromatic heterocycles. The van der Waals surface area contributed by atoms with Gasteiger partial charge in [-0.05, 0) is 62.4 Å². The lowest BCUT2D eigenvalue weighted by Gasteiger charge is -2.42. The first-order valence-electron chi connectivity index (χ1n) is 11.3. The minimum absolute atomic E-state index is 0.0691. The number of hydrogen-bond donors (Lipinski definition) is 2. The number of fused-ring (bicyclic) bond motifs is 1. The largest absolute Gasteiger partial charge is 0.481 e. The van der Waals surface area contributed by atoms with Crippen LogP contribution < -0.4 is 0 Å². The van der Waals surface area contributed by atoms with Gasteiger partial charge in [0.1, 0.15) is 6.10 Å². The number of aliphatic carboxylic acids is 1. The van der Waals surface area contributed by atoms with E-state index in [1.807, 2.05) is 6.92 Å². The van der Waals surface area contributed by atoms with Gasteiger partial charge in [-0.3, -0.25) is 9.59 Å². The van der Waals surface area contributed by atoms with Gasteiger partial charge in [-0.2, -0.15) is 0 Å². The molecule has 2 rings (SSSR count). The molecule has 0 amide bonds. The summed E-state index contributed by atoms with van der Waals surface area (Å²) in [7, 11) is 0. The molecular formula is C24H38O5. The zero-order chi connectivity index (χ0) is 21.4. The highest BCUT2D eigenvalue weighted by atomic mass is 16.5. The molecule has 6 atom stereocenters. The van der Waals surface area contributed by atoms with Crippen LogP contribution in [0.15, 0.2) is 23.8 Å². The van der Waals surface area contributed by atoms with Crippen molar-refractivity contribution in [1.29, 1.82) is 0 Å². The predicted molar refractivity (Wildman–Crippen MR) is 113 cm³/mol. The second kappa shape index (κ2) is 11.5. The van der Waals surface area contributed by atoms with Gasteiger partial charge in [0.05, 0.1) is 12.0 Å². The van der Waals surface area contributed by atoms with Crippen molar-refractivity contribution >= 4 is 11.9 Å². The Morgan fingerprint density at radius 3 is 2.72 bits per heavy atom. The molecule has 0 saturated carbocycles. The number of aliphatic hydroxyl groups is 1. The summed E-state index contributed by atoms with van der Waals surface area (Å²) in [6, 6.07) is 0. The number of carbonyl (C=O) groups excluding carboxylic acids is 1. The van der Waals surface area contributed by atoms with Crippen LogP contribution in [0, 0.1) is 23.7 Å². The standard InChI is InChI=1S/C24H38O5/c1-4-7-17(3)24(28)29-21-10-5-8-18-13-12-16(2)20(23(18)21)15-14-19(25)9-6-11-22(26)27/h8,12-13,16-17,19-21,23,25H,4-7,9-11,14-15H2,1-3H3,(H,26,27). The molecule has 5 nitrogen and oxygen atoms in total. The molecule has 0 saturated heterocycles. The summed E-state index contributed by atoms with van der Waals surface area (Å²) in [4.78, 5) is 23.2. The van der Waals surface area contributed by atoms with E-state index >= 15 is 0 Å². The van der Waals surface area contributed by atoms with Gasteiger partial charge in [-0.15, -0.1) is 0 Å². The highest BCUT2D eigenvalue weighted by molar-refractivity contribution is 5.72. The molecule has 0 radical (unpaired) electrons. The van der Waals surface area contributed by atoms with E-state index in [4.69, 9.17) is 9.84 Å². The van der Waals surface area contributed by atoms with Gasteiger partial charge in [0.2, 0.25) is 0 Å². The van der Waals surface area contributed by atoms with E-state index in [1.54, 1.807) is 0 Å². The maximum atomic E-state index is 12.6. The fourth-order valence-electron chi connectivity index (χ4n) is 4.79. The highest BCUT2D eigenvalue weighted by Gasteiger charge is 2.40. The quantitative estimate of drug-likeness (QED) is 0.477. The Morgan fingerprint density at radius 2 is 2.03 bits per heavy atom. The second-order valence-corrected chi connectivity index (χ2v) is 8.87. The van der Waals surface area contributed by atoms with Crippen LogP contribution in [0.4, 0.5) is 0 Å². The molecule has 0 fully saturated rings. The number of esters is 1. The van der Waals surface area contributed by atoms with Gasteiger partial charge < -0.3 is 14.9 Å². The van der Waals surface area contributed by atoms with E-state index < -0.39 is 12.1 Å². The van der Waals surface area contributed by atoms with Crippen molar-refractivity contribution < 1.29 is 24.5 Å². The van der Waals surface area contributed by atoms with Crippen LogP contribution in [-0.4, -0.2) is 34.4 Å². The SMILES string of the molecule is CCCC(C)C(=O)OC1CCC=C2C=CC(C)C(CCC(O)CCCC(=O)O)C21. The maximum Gasteiger partial charge on any atom is 0.308 e. The molecular weight excluding hydrogens is 368 g/mol. The van der Waals surface area contributed by atoms with Crippen LogP contribution in [-0.2, 0) is 14.3 Å². The number of allylic oxidation sites excluding steroid dienone is 3. The average molecular weight is 407 g/mol. The van der Waals surface area contributed by atoms with Crippen molar-refractivity contribution in [3.8, 4) is 0 Å². The minimum atomic E-state index is -0.817. The Balaban J connectivity index is 2.01. The zero-order valence-electron chi connectivity index (χ0n) is 18.2. The van der Waals surface area contributed by atoms with Crippen LogP contribution in [0.2, 0.25) is 0 Å². The molecule has 2 aliphatic carbocycles. The van der Waals surface area contributed by atoms with Gasteiger partial charge in [-0.25, -0.2) is 0 Å². The molecule has 0 heterocycles. The summed E-state index contributed by atoms with van der Waals surface area (Å²) in [6.07, 6.45) is 12.3. The Morgan fingerprint density at radius 1 is 1.28 bits per heavy atom. The first-order chi connectivity index (χ1) is 13.8. The van der Waals surface area contributed by atoms with Gasteiger partial charge in [0.25, 0.3) is 0 Å². The van der Waals surface area contributed by atoms with Crippen molar-refractivity contribution in [3.05, 3.63) is 23.8 Å². The third-order valence-electron chi connectivity index (χ3n) is 6.50. The van der Waals surface area contributed by atoms with Gasteiger partial charge in [-0.1, -0.05) is 45.4 Å². The summed E-state index contributed by atoms with van der Waals surface area (Å²) in [5.41, 5.74) is 1.26. The second-order valence-electron chi connectivity index (χ2n) is 8.87. The lowest BCUT2D eigenvalue weighted by molar-refractivity contribution is -0.158. The number of rotatable bonds is 11. The lowest BCUT2D eigenvalue weighted by atomic mass is 9.66. The van der Waals surface area contributed by atoms with E-state index in [1.165, 1.54) is 5.57 Å². The topological polar surface area (TPSA) is 83.8 Å². The molecule has 0 spiro atoms. The fraction of sp³-hybridized carbons (Fsp3) is 0.750. The van der Waals surface area contributed by atoms with Gasteiger partial charge in [0.15, 0.2) is 0 Å². The van der Waals surface area contributed by atoms with E-state index in [2.05, 4.69) is 32.1 Å². The summed E-state index contributed by atoms with van der Waals surface area (Å²) < 4.78 is 6.01. The Kier molecular flexibility index (Phi) is 9.41. The normalized spacial score (nSPS) is 28.2. The van der Waals surface area contributed by atoms with Crippen LogP contribution in [0.5, 0.6) is 0 Å². The number of hydrogen-bond acceptors (Lipinski definition) is 4. The zero-order valence-corrected chi connectivity index (χ0v) is 18.2. The predicted octanol–water partition coefficient (Wildman–Crippen LogP) is 4.89. The molecule has 0 aromatic rings. The van der Waals surface area contributed by atoms with Crippen LogP contribution in [0.25, 0.3) is 0 Å². The molecule has 2 aliphatic rings. The molecule has 0 aliphatic heterocycles. The average Bonchev–Trinajstić information content (AvgIpc) is 2.67. The van der Waals surface area contributed by atoms with Crippen LogP contribution in [0.3, 0.4) is 0 Å². The summed E-state index contributed by atoms with van der Waals surface area (Å²) >= 11 is 0. The molecule has 2 N–H and O–H groups in total. The van der Waals surface area contributed by atoms with E-state index in [0.717, 1.165) is 32.1 Å². The molecule has 6 unspecified atom stereocenters. The molecule has 0 aromatic carbocycles. The van der Waals surface area contributed by atoms with E-state index in [0.29, 0.717) is 31.1 Å². The Hall–Kier alpha value is -1.62. The van der Waals surface area contributed by atoms with Gasteiger partial charge >= 0.3 is 11.9 Å². The Labute approximate surface area is 175 Å². The van der Waals surface area contributed by atoms with Crippen molar-refractivity contribution in [1.82, 2.24) is 0 Å². The molecule has 164 valence electrons. The molecule has 29 heavy (non-hydrogen) atoms. The number of carbonyl (C=O) groups is 2. The van der Waals surface area contributed by atoms with Crippen molar-refractivity contribution in [2.45, 2.75) is 90.8 Å². The smallest absolute Gasteiger partial charge is 0.308 e. The van der Waals surface area contributed by atoms with Gasteiger partial charge in [0, 0.05) is 12.3 Å². The first kappa shape index (κ1) is 23.7. The third kappa shape index (κ3) is 6.98. The van der Waals surface area contributed by atoms with E-state index in [9.17, 15) is 14.7 Å². The highest BCUT2D eigenvalue weighted by Crippen LogP contribution is 2.44. The van der Waals surface area contributed by atoms with Crippen LogP contribution in [0.1, 0.15) is 78.6 Å². The molecule has 0 bridgehead atoms. The lowest BCUT2D eigenvalue weighted by Crippen LogP contribution is -2.40. The summed E-state index contributed by atoms with van der Waals surface area (Å²) in [5.74, 6) is -0.112. The number of aliphatic hydroxyl groups excluding tert-OH is 1. The first-order valence-corrected chi connectivity index (χ1v) is 11.3. The maximum absolute atomic E-state index is 12.6. The monoisotopic (exact) mass is 406 g/mol. The summed E-state index contributed by atoms with van der Waals surface area (Å²) in [6.45, 7) is 6.22.